The highest BCUT2D eigenvalue weighted by Gasteiger charge is 2.29. The number of rotatable bonds is 6. The average molecular weight is 421 g/mol. The Labute approximate surface area is 176 Å². The van der Waals surface area contributed by atoms with Gasteiger partial charge in [-0.1, -0.05) is 50.0 Å². The maximum Gasteiger partial charge on any atom is 0.237 e. The Kier molecular flexibility index (Phi) is 7.15. The largest absolute Gasteiger partial charge is 0.758 e. The van der Waals surface area contributed by atoms with E-state index in [1.165, 1.54) is 0 Å². The van der Waals surface area contributed by atoms with Crippen molar-refractivity contribution in [2.24, 2.45) is 4.99 Å². The zero-order chi connectivity index (χ0) is 20.2. The molecule has 2 aromatic rings. The number of ketones is 1. The van der Waals surface area contributed by atoms with E-state index in [0.717, 1.165) is 5.56 Å². The Bertz CT molecular complexity index is 871. The third-order valence-corrected chi connectivity index (χ3v) is 5.17. The lowest BCUT2D eigenvalue weighted by Crippen LogP contribution is -2.48. The number of pyridine rings is 1. The molecule has 0 fully saturated rings. The highest BCUT2D eigenvalue weighted by Crippen LogP contribution is 2.25. The van der Waals surface area contributed by atoms with Crippen LogP contribution in [0.15, 0.2) is 60.4 Å². The SMILES string of the molecule is C=CCN=C([S-])[C@H](C(=O)c1ccc(Cl)c(Cl)c1)[n+]1ccc(C(C)(C)C)cc1. The van der Waals surface area contributed by atoms with Gasteiger partial charge in [0.25, 0.3) is 0 Å². The Balaban J connectivity index is 2.49. The van der Waals surface area contributed by atoms with Crippen LogP contribution in [0, 0.1) is 0 Å². The van der Waals surface area contributed by atoms with Crippen molar-refractivity contribution in [1.82, 2.24) is 0 Å². The van der Waals surface area contributed by atoms with E-state index >= 15 is 0 Å². The standard InChI is InChI=1S/C21H22Cl2N2OS/c1-5-10-24-20(27)18(19(26)14-6-7-16(22)17(23)13-14)25-11-8-15(9-12-25)21(2,3)4/h5-9,11-13,18H,1,10H2,2-4H3/t18-/m0/s1. The zero-order valence-corrected chi connectivity index (χ0v) is 17.9. The quantitative estimate of drug-likeness (QED) is 0.162. The average Bonchev–Trinajstić information content (AvgIpc) is 2.62. The topological polar surface area (TPSA) is 33.3 Å². The second-order valence-electron chi connectivity index (χ2n) is 7.15. The number of carbonyl (C=O) groups excluding carboxylic acids is 1. The normalized spacial score (nSPS) is 13.3. The van der Waals surface area contributed by atoms with Gasteiger partial charge in [0.1, 0.15) is 0 Å². The molecule has 0 saturated carbocycles. The monoisotopic (exact) mass is 420 g/mol. The first-order chi connectivity index (χ1) is 12.6. The van der Waals surface area contributed by atoms with Crippen LogP contribution in [-0.2, 0) is 18.0 Å². The van der Waals surface area contributed by atoms with Gasteiger partial charge in [-0.05, 0) is 34.2 Å². The molecule has 3 nitrogen and oxygen atoms in total. The molecule has 0 aliphatic heterocycles. The molecule has 0 aliphatic carbocycles. The number of aromatic nitrogens is 1. The summed E-state index contributed by atoms with van der Waals surface area (Å²) in [6.07, 6.45) is 5.35. The maximum absolute atomic E-state index is 13.2. The molecular formula is C21H22Cl2N2OS. The smallest absolute Gasteiger partial charge is 0.237 e. The predicted octanol–water partition coefficient (Wildman–Crippen LogP) is 5.13. The lowest BCUT2D eigenvalue weighted by molar-refractivity contribution is -0.692. The minimum Gasteiger partial charge on any atom is -0.758 e. The molecule has 0 amide bonds. The Morgan fingerprint density at radius 2 is 1.85 bits per heavy atom. The molecule has 0 radical (unpaired) electrons. The highest BCUT2D eigenvalue weighted by molar-refractivity contribution is 7.77. The molecule has 142 valence electrons. The number of aliphatic imine (C=N–C) groups is 1. The summed E-state index contributed by atoms with van der Waals surface area (Å²) in [5, 5.41) is 1.01. The van der Waals surface area contributed by atoms with E-state index in [4.69, 9.17) is 35.8 Å². The van der Waals surface area contributed by atoms with Crippen molar-refractivity contribution < 1.29 is 9.36 Å². The van der Waals surface area contributed by atoms with Crippen LogP contribution in [-0.4, -0.2) is 17.4 Å². The van der Waals surface area contributed by atoms with Gasteiger partial charge in [0.2, 0.25) is 11.8 Å². The number of halogens is 2. The van der Waals surface area contributed by atoms with Crippen LogP contribution >= 0.6 is 23.2 Å². The molecule has 2 rings (SSSR count). The van der Waals surface area contributed by atoms with Crippen LogP contribution in [0.1, 0.15) is 42.7 Å². The molecule has 0 N–H and O–H groups in total. The summed E-state index contributed by atoms with van der Waals surface area (Å²) < 4.78 is 1.77. The summed E-state index contributed by atoms with van der Waals surface area (Å²) in [7, 11) is 0. The third-order valence-electron chi connectivity index (χ3n) is 4.08. The number of hydrogen-bond acceptors (Lipinski definition) is 3. The molecule has 1 aromatic heterocycles. The molecule has 0 bridgehead atoms. The Morgan fingerprint density at radius 1 is 1.22 bits per heavy atom. The molecular weight excluding hydrogens is 399 g/mol. The lowest BCUT2D eigenvalue weighted by Gasteiger charge is -2.21. The summed E-state index contributed by atoms with van der Waals surface area (Å²) in [6.45, 7) is 10.4. The van der Waals surface area contributed by atoms with Crippen molar-refractivity contribution in [2.75, 3.05) is 6.54 Å². The molecule has 0 unspecified atom stereocenters. The van der Waals surface area contributed by atoms with Gasteiger partial charge in [0, 0.05) is 17.7 Å². The molecule has 6 heteroatoms. The predicted molar refractivity (Wildman–Crippen MR) is 115 cm³/mol. The first-order valence-electron chi connectivity index (χ1n) is 8.48. The lowest BCUT2D eigenvalue weighted by atomic mass is 9.88. The maximum atomic E-state index is 13.2. The van der Waals surface area contributed by atoms with E-state index in [-0.39, 0.29) is 11.2 Å². The van der Waals surface area contributed by atoms with Crippen molar-refractivity contribution in [3.05, 3.63) is 76.6 Å². The van der Waals surface area contributed by atoms with E-state index in [2.05, 4.69) is 32.3 Å². The van der Waals surface area contributed by atoms with Crippen LogP contribution in [0.5, 0.6) is 0 Å². The second-order valence-corrected chi connectivity index (χ2v) is 8.38. The fourth-order valence-corrected chi connectivity index (χ4v) is 3.13. The van der Waals surface area contributed by atoms with Gasteiger partial charge in [-0.3, -0.25) is 4.79 Å². The zero-order valence-electron chi connectivity index (χ0n) is 15.6. The first kappa shape index (κ1) is 21.5. The molecule has 0 aliphatic rings. The van der Waals surface area contributed by atoms with Crippen LogP contribution in [0.2, 0.25) is 10.0 Å². The highest BCUT2D eigenvalue weighted by atomic mass is 35.5. The van der Waals surface area contributed by atoms with Crippen molar-refractivity contribution in [3.63, 3.8) is 0 Å². The van der Waals surface area contributed by atoms with Crippen LogP contribution in [0.3, 0.4) is 0 Å². The van der Waals surface area contributed by atoms with Gasteiger partial charge in [0.05, 0.1) is 16.6 Å². The van der Waals surface area contributed by atoms with Crippen LogP contribution in [0.4, 0.5) is 0 Å². The number of hydrogen-bond donors (Lipinski definition) is 0. The minimum absolute atomic E-state index is 0.00994. The molecule has 0 spiro atoms. The number of carbonyl (C=O) groups is 1. The van der Waals surface area contributed by atoms with E-state index in [0.29, 0.717) is 27.2 Å². The number of benzene rings is 1. The van der Waals surface area contributed by atoms with Crippen LogP contribution in [0.25, 0.3) is 0 Å². The fraction of sp³-hybridized carbons (Fsp3) is 0.286. The van der Waals surface area contributed by atoms with Gasteiger partial charge in [-0.25, -0.2) is 0 Å². The fourth-order valence-electron chi connectivity index (χ4n) is 2.53. The van der Waals surface area contributed by atoms with E-state index < -0.39 is 6.04 Å². The van der Waals surface area contributed by atoms with Crippen molar-refractivity contribution in [3.8, 4) is 0 Å². The van der Waals surface area contributed by atoms with Gasteiger partial charge in [-0.2, -0.15) is 4.57 Å². The van der Waals surface area contributed by atoms with Crippen LogP contribution < -0.4 is 4.57 Å². The van der Waals surface area contributed by atoms with Gasteiger partial charge in [-0.15, -0.1) is 6.58 Å². The van der Waals surface area contributed by atoms with Gasteiger partial charge >= 0.3 is 0 Å². The van der Waals surface area contributed by atoms with E-state index in [9.17, 15) is 4.79 Å². The Hall–Kier alpha value is -1.75. The van der Waals surface area contributed by atoms with Gasteiger partial charge in [0.15, 0.2) is 12.4 Å². The van der Waals surface area contributed by atoms with Crippen molar-refractivity contribution in [1.29, 1.82) is 0 Å². The summed E-state index contributed by atoms with van der Waals surface area (Å²) in [5.74, 6) is -0.195. The number of nitrogens with zero attached hydrogens (tertiary/aromatic N) is 2. The molecule has 0 saturated heterocycles. The Morgan fingerprint density at radius 3 is 2.37 bits per heavy atom. The number of Topliss-reactive ketones (excluding diaryl/α,β-unsaturated/α-hetero) is 1. The minimum atomic E-state index is -0.744. The van der Waals surface area contributed by atoms with Crippen molar-refractivity contribution >= 4 is 46.7 Å². The molecule has 1 atom stereocenters. The summed E-state index contributed by atoms with van der Waals surface area (Å²) in [5.41, 5.74) is 1.60. The third kappa shape index (κ3) is 5.38. The second kappa shape index (κ2) is 8.96. The summed E-state index contributed by atoms with van der Waals surface area (Å²) >= 11 is 17.5. The van der Waals surface area contributed by atoms with E-state index in [1.807, 2.05) is 24.5 Å². The first-order valence-corrected chi connectivity index (χ1v) is 9.64. The molecule has 1 aromatic carbocycles. The summed E-state index contributed by atoms with van der Waals surface area (Å²) in [4.78, 5) is 17.5. The van der Waals surface area contributed by atoms with Gasteiger partial charge < -0.3 is 17.6 Å². The summed E-state index contributed by atoms with van der Waals surface area (Å²) in [6, 6.07) is 8.04. The van der Waals surface area contributed by atoms with Crippen molar-refractivity contribution in [2.45, 2.75) is 32.2 Å². The van der Waals surface area contributed by atoms with E-state index in [1.54, 1.807) is 28.8 Å². The molecule has 1 heterocycles. The molecule has 27 heavy (non-hydrogen) atoms.